The third-order valence-electron chi connectivity index (χ3n) is 3.21. The molecule has 0 N–H and O–H groups in total. The largest absolute Gasteiger partial charge is 0.288 e. The second-order valence-corrected chi connectivity index (χ2v) is 4.58. The van der Waals surface area contributed by atoms with E-state index in [-0.39, 0.29) is 11.4 Å². The molecule has 4 heteroatoms. The van der Waals surface area contributed by atoms with Crippen molar-refractivity contribution in [3.63, 3.8) is 0 Å². The SMILES string of the molecule is Cn1cc(-c2ccccc2)c(=O)n1-c1ccc(F)cc1. The predicted molar refractivity (Wildman–Crippen MR) is 76.4 cm³/mol. The van der Waals surface area contributed by atoms with Crippen molar-refractivity contribution in [1.82, 2.24) is 9.36 Å². The van der Waals surface area contributed by atoms with Crippen LogP contribution < -0.4 is 5.56 Å². The van der Waals surface area contributed by atoms with Gasteiger partial charge in [0.25, 0.3) is 5.56 Å². The van der Waals surface area contributed by atoms with Crippen LogP contribution in [0.5, 0.6) is 0 Å². The predicted octanol–water partition coefficient (Wildman–Crippen LogP) is 2.98. The van der Waals surface area contributed by atoms with Crippen LogP contribution in [0.3, 0.4) is 0 Å². The highest BCUT2D eigenvalue weighted by molar-refractivity contribution is 5.62. The van der Waals surface area contributed by atoms with E-state index in [0.717, 1.165) is 5.56 Å². The van der Waals surface area contributed by atoms with E-state index in [4.69, 9.17) is 0 Å². The molecule has 100 valence electrons. The Morgan fingerprint density at radius 3 is 2.25 bits per heavy atom. The molecule has 2 aromatic carbocycles. The zero-order valence-corrected chi connectivity index (χ0v) is 11.0. The van der Waals surface area contributed by atoms with E-state index in [1.165, 1.54) is 16.8 Å². The number of halogens is 1. The Kier molecular flexibility index (Phi) is 2.99. The summed E-state index contributed by atoms with van der Waals surface area (Å²) in [4.78, 5) is 12.5. The summed E-state index contributed by atoms with van der Waals surface area (Å²) >= 11 is 0. The Balaban J connectivity index is 2.17. The van der Waals surface area contributed by atoms with Gasteiger partial charge in [0.05, 0.1) is 11.3 Å². The number of hydrogen-bond acceptors (Lipinski definition) is 1. The topological polar surface area (TPSA) is 26.9 Å². The minimum Gasteiger partial charge on any atom is -0.288 e. The van der Waals surface area contributed by atoms with Gasteiger partial charge < -0.3 is 0 Å². The molecule has 0 unspecified atom stereocenters. The lowest BCUT2D eigenvalue weighted by molar-refractivity contribution is 0.620. The summed E-state index contributed by atoms with van der Waals surface area (Å²) in [6, 6.07) is 15.3. The molecular weight excluding hydrogens is 255 g/mol. The zero-order valence-electron chi connectivity index (χ0n) is 11.0. The van der Waals surface area contributed by atoms with E-state index in [2.05, 4.69) is 0 Å². The first-order valence-electron chi connectivity index (χ1n) is 6.27. The maximum atomic E-state index is 13.0. The lowest BCUT2D eigenvalue weighted by Gasteiger charge is -2.05. The Morgan fingerprint density at radius 2 is 1.60 bits per heavy atom. The maximum Gasteiger partial charge on any atom is 0.279 e. The van der Waals surface area contributed by atoms with Crippen molar-refractivity contribution in [3.05, 3.63) is 77.0 Å². The highest BCUT2D eigenvalue weighted by atomic mass is 19.1. The molecular formula is C16H13FN2O. The fourth-order valence-electron chi connectivity index (χ4n) is 2.25. The Hall–Kier alpha value is -2.62. The molecule has 0 aliphatic carbocycles. The van der Waals surface area contributed by atoms with E-state index in [1.807, 2.05) is 30.3 Å². The molecule has 0 aliphatic heterocycles. The average Bonchev–Trinajstić information content (AvgIpc) is 2.76. The van der Waals surface area contributed by atoms with Gasteiger partial charge in [0.1, 0.15) is 5.82 Å². The van der Waals surface area contributed by atoms with Crippen LogP contribution in [0.25, 0.3) is 16.8 Å². The van der Waals surface area contributed by atoms with Gasteiger partial charge in [-0.15, -0.1) is 0 Å². The second-order valence-electron chi connectivity index (χ2n) is 4.58. The smallest absolute Gasteiger partial charge is 0.279 e. The average molecular weight is 268 g/mol. The van der Waals surface area contributed by atoms with Gasteiger partial charge >= 0.3 is 0 Å². The molecule has 0 saturated carbocycles. The van der Waals surface area contributed by atoms with Gasteiger partial charge in [-0.3, -0.25) is 9.48 Å². The number of nitrogens with zero attached hydrogens (tertiary/aromatic N) is 2. The van der Waals surface area contributed by atoms with Crippen molar-refractivity contribution in [2.75, 3.05) is 0 Å². The van der Waals surface area contributed by atoms with Gasteiger partial charge in [-0.1, -0.05) is 30.3 Å². The molecule has 3 rings (SSSR count). The molecule has 0 atom stereocenters. The summed E-state index contributed by atoms with van der Waals surface area (Å²) in [5.74, 6) is -0.320. The van der Waals surface area contributed by atoms with Crippen LogP contribution in [0.4, 0.5) is 4.39 Å². The van der Waals surface area contributed by atoms with Gasteiger partial charge in [0.2, 0.25) is 0 Å². The van der Waals surface area contributed by atoms with Gasteiger partial charge in [-0.25, -0.2) is 9.07 Å². The molecule has 1 heterocycles. The second kappa shape index (κ2) is 4.81. The van der Waals surface area contributed by atoms with Crippen molar-refractivity contribution in [1.29, 1.82) is 0 Å². The van der Waals surface area contributed by atoms with E-state index >= 15 is 0 Å². The van der Waals surface area contributed by atoms with Crippen molar-refractivity contribution in [3.8, 4) is 16.8 Å². The minimum atomic E-state index is -0.320. The Labute approximate surface area is 115 Å². The fraction of sp³-hybridized carbons (Fsp3) is 0.0625. The summed E-state index contributed by atoms with van der Waals surface area (Å²) in [7, 11) is 1.79. The van der Waals surface area contributed by atoms with E-state index in [9.17, 15) is 9.18 Å². The molecule has 0 bridgehead atoms. The molecule has 0 spiro atoms. The highest BCUT2D eigenvalue weighted by Gasteiger charge is 2.12. The maximum absolute atomic E-state index is 13.0. The van der Waals surface area contributed by atoms with Gasteiger partial charge in [0.15, 0.2) is 0 Å². The normalized spacial score (nSPS) is 10.7. The molecule has 1 aromatic heterocycles. The van der Waals surface area contributed by atoms with E-state index < -0.39 is 0 Å². The number of aromatic nitrogens is 2. The molecule has 0 amide bonds. The van der Waals surface area contributed by atoms with Crippen molar-refractivity contribution < 1.29 is 4.39 Å². The van der Waals surface area contributed by atoms with Crippen LogP contribution in [0, 0.1) is 5.82 Å². The van der Waals surface area contributed by atoms with Crippen LogP contribution in [-0.4, -0.2) is 9.36 Å². The lowest BCUT2D eigenvalue weighted by atomic mass is 10.1. The summed E-state index contributed by atoms with van der Waals surface area (Å²) < 4.78 is 16.2. The molecule has 0 fully saturated rings. The van der Waals surface area contributed by atoms with Crippen molar-refractivity contribution in [2.45, 2.75) is 0 Å². The monoisotopic (exact) mass is 268 g/mol. The lowest BCUT2D eigenvalue weighted by Crippen LogP contribution is -2.19. The van der Waals surface area contributed by atoms with Crippen LogP contribution in [0.15, 0.2) is 65.6 Å². The van der Waals surface area contributed by atoms with Gasteiger partial charge in [0, 0.05) is 13.2 Å². The third-order valence-corrected chi connectivity index (χ3v) is 3.21. The van der Waals surface area contributed by atoms with Gasteiger partial charge in [-0.05, 0) is 29.8 Å². The molecule has 0 saturated heterocycles. The van der Waals surface area contributed by atoms with Crippen LogP contribution >= 0.6 is 0 Å². The first-order valence-corrected chi connectivity index (χ1v) is 6.27. The molecule has 0 radical (unpaired) electrons. The Bertz CT molecular complexity index is 786. The van der Waals surface area contributed by atoms with E-state index in [0.29, 0.717) is 11.3 Å². The van der Waals surface area contributed by atoms with Crippen LogP contribution in [0.1, 0.15) is 0 Å². The summed E-state index contributed by atoms with van der Waals surface area (Å²) in [6.45, 7) is 0. The summed E-state index contributed by atoms with van der Waals surface area (Å²) in [5.41, 5.74) is 2.01. The van der Waals surface area contributed by atoms with Crippen LogP contribution in [-0.2, 0) is 7.05 Å². The number of aryl methyl sites for hydroxylation is 1. The molecule has 0 aliphatic rings. The fourth-order valence-corrected chi connectivity index (χ4v) is 2.25. The van der Waals surface area contributed by atoms with Crippen LogP contribution in [0.2, 0.25) is 0 Å². The first kappa shape index (κ1) is 12.4. The number of rotatable bonds is 2. The van der Waals surface area contributed by atoms with E-state index in [1.54, 1.807) is 30.1 Å². The summed E-state index contributed by atoms with van der Waals surface area (Å²) in [6.07, 6.45) is 1.78. The summed E-state index contributed by atoms with van der Waals surface area (Å²) in [5, 5.41) is 0. The van der Waals surface area contributed by atoms with Gasteiger partial charge in [-0.2, -0.15) is 0 Å². The molecule has 3 aromatic rings. The minimum absolute atomic E-state index is 0.120. The number of benzene rings is 2. The standard InChI is InChI=1S/C16H13FN2O/c1-18-11-15(12-5-3-2-4-6-12)16(20)19(18)14-9-7-13(17)8-10-14/h2-11H,1H3. The molecule has 20 heavy (non-hydrogen) atoms. The van der Waals surface area contributed by atoms with Crippen molar-refractivity contribution in [2.24, 2.45) is 7.05 Å². The molecule has 3 nitrogen and oxygen atoms in total. The Morgan fingerprint density at radius 1 is 0.950 bits per heavy atom. The third kappa shape index (κ3) is 2.05. The first-order chi connectivity index (χ1) is 9.66. The van der Waals surface area contributed by atoms with Crippen molar-refractivity contribution >= 4 is 0 Å². The number of hydrogen-bond donors (Lipinski definition) is 0. The highest BCUT2D eigenvalue weighted by Crippen LogP contribution is 2.16. The zero-order chi connectivity index (χ0) is 14.1. The quantitative estimate of drug-likeness (QED) is 0.702.